The second-order valence-electron chi connectivity index (χ2n) is 10.1. The number of methoxy groups -OCH3 is 1. The number of ketones is 1. The number of amides is 1. The molecule has 2 aromatic carbocycles. The molecule has 7 nitrogen and oxygen atoms in total. The molecule has 0 atom stereocenters. The van der Waals surface area contributed by atoms with Crippen molar-refractivity contribution in [2.24, 2.45) is 0 Å². The topological polar surface area (TPSA) is 95.6 Å². The monoisotopic (exact) mass is 566 g/mol. The van der Waals surface area contributed by atoms with Gasteiger partial charge in [0.15, 0.2) is 0 Å². The van der Waals surface area contributed by atoms with Crippen LogP contribution in [0.5, 0.6) is 0 Å². The van der Waals surface area contributed by atoms with Crippen LogP contribution >= 0.6 is 11.6 Å². The van der Waals surface area contributed by atoms with Crippen molar-refractivity contribution < 1.29 is 14.3 Å². The van der Waals surface area contributed by atoms with E-state index in [2.05, 4.69) is 16.7 Å². The van der Waals surface area contributed by atoms with Gasteiger partial charge >= 0.3 is 0 Å². The van der Waals surface area contributed by atoms with Crippen LogP contribution in [-0.2, 0) is 9.53 Å². The molecule has 1 fully saturated rings. The Morgan fingerprint density at radius 2 is 1.83 bits per heavy atom. The van der Waals surface area contributed by atoms with E-state index < -0.39 is 0 Å². The zero-order chi connectivity index (χ0) is 28.8. The van der Waals surface area contributed by atoms with E-state index in [0.717, 1.165) is 42.3 Å². The smallest absolute Gasteiger partial charge is 0.248 e. The van der Waals surface area contributed by atoms with Crippen LogP contribution in [0, 0.1) is 11.3 Å². The highest BCUT2D eigenvalue weighted by Gasteiger charge is 2.20. The number of halogens is 1. The average molecular weight is 567 g/mol. The van der Waals surface area contributed by atoms with Crippen LogP contribution in [0.25, 0.3) is 16.6 Å². The van der Waals surface area contributed by atoms with Crippen LogP contribution in [0.3, 0.4) is 0 Å². The van der Waals surface area contributed by atoms with E-state index >= 15 is 0 Å². The van der Waals surface area contributed by atoms with Gasteiger partial charge in [-0.1, -0.05) is 41.9 Å². The number of nitrogens with one attached hydrogen (secondary N) is 2. The third-order valence-electron chi connectivity index (χ3n) is 7.55. The lowest BCUT2D eigenvalue weighted by Crippen LogP contribution is -2.35. The molecule has 1 amide bonds. The molecule has 1 saturated carbocycles. The lowest BCUT2D eigenvalue weighted by Gasteiger charge is -2.27. The van der Waals surface area contributed by atoms with Gasteiger partial charge in [0.2, 0.25) is 11.7 Å². The number of anilines is 1. The molecule has 2 heterocycles. The van der Waals surface area contributed by atoms with Gasteiger partial charge < -0.3 is 19.8 Å². The SMILES string of the molecule is COC1CCC(NC/C=C/C(=O)Nc2ccc(C(=O)c3ccc4c(-c5ccccc5Cl)cccn34)cc2C#N)CC1. The van der Waals surface area contributed by atoms with E-state index in [-0.39, 0.29) is 17.3 Å². The van der Waals surface area contributed by atoms with Gasteiger partial charge in [-0.15, -0.1) is 0 Å². The Labute approximate surface area is 244 Å². The molecule has 4 aromatic rings. The first kappa shape index (κ1) is 28.3. The molecule has 0 radical (unpaired) electrons. The summed E-state index contributed by atoms with van der Waals surface area (Å²) in [5.74, 6) is -0.573. The molecular formula is C33H31ClN4O3. The number of hydrogen-bond acceptors (Lipinski definition) is 5. The Kier molecular flexibility index (Phi) is 8.95. The molecule has 0 saturated heterocycles. The van der Waals surface area contributed by atoms with E-state index in [1.54, 1.807) is 31.4 Å². The fourth-order valence-electron chi connectivity index (χ4n) is 5.34. The predicted molar refractivity (Wildman–Crippen MR) is 161 cm³/mol. The maximum absolute atomic E-state index is 13.5. The number of carbonyl (C=O) groups is 2. The number of nitriles is 1. The van der Waals surface area contributed by atoms with Crippen molar-refractivity contribution in [2.45, 2.75) is 37.8 Å². The van der Waals surface area contributed by atoms with Crippen molar-refractivity contribution in [1.29, 1.82) is 5.26 Å². The summed E-state index contributed by atoms with van der Waals surface area (Å²) >= 11 is 6.44. The number of pyridine rings is 1. The second kappa shape index (κ2) is 13.0. The number of aromatic nitrogens is 1. The molecule has 0 bridgehead atoms. The van der Waals surface area contributed by atoms with Crippen molar-refractivity contribution in [1.82, 2.24) is 9.72 Å². The molecule has 1 aliphatic carbocycles. The van der Waals surface area contributed by atoms with E-state index in [0.29, 0.717) is 40.7 Å². The number of fused-ring (bicyclic) bond motifs is 1. The highest BCUT2D eigenvalue weighted by atomic mass is 35.5. The molecule has 0 spiro atoms. The van der Waals surface area contributed by atoms with Gasteiger partial charge in [0.05, 0.1) is 28.6 Å². The van der Waals surface area contributed by atoms with Crippen LogP contribution in [0.1, 0.15) is 47.3 Å². The van der Waals surface area contributed by atoms with Gasteiger partial charge in [-0.05, 0) is 68.1 Å². The zero-order valence-corrected chi connectivity index (χ0v) is 23.5. The number of carbonyl (C=O) groups excluding carboxylic acids is 2. The fourth-order valence-corrected chi connectivity index (χ4v) is 5.58. The summed E-state index contributed by atoms with van der Waals surface area (Å²) in [6.07, 6.45) is 9.59. The minimum atomic E-state index is -0.338. The fraction of sp³-hybridized carbons (Fsp3) is 0.242. The van der Waals surface area contributed by atoms with Crippen LogP contribution < -0.4 is 10.6 Å². The summed E-state index contributed by atoms with van der Waals surface area (Å²) in [4.78, 5) is 26.0. The largest absolute Gasteiger partial charge is 0.381 e. The predicted octanol–water partition coefficient (Wildman–Crippen LogP) is 6.40. The van der Waals surface area contributed by atoms with Crippen LogP contribution in [0.15, 0.2) is 85.1 Å². The Morgan fingerprint density at radius 1 is 1.05 bits per heavy atom. The highest BCUT2D eigenvalue weighted by molar-refractivity contribution is 6.33. The van der Waals surface area contributed by atoms with Crippen molar-refractivity contribution >= 4 is 34.5 Å². The normalized spacial score (nSPS) is 17.0. The Hall–Kier alpha value is -4.22. The van der Waals surface area contributed by atoms with Gasteiger partial charge in [-0.3, -0.25) is 9.59 Å². The number of rotatable bonds is 9. The summed E-state index contributed by atoms with van der Waals surface area (Å²) in [5, 5.41) is 16.6. The van der Waals surface area contributed by atoms with Crippen molar-refractivity contribution in [3.63, 3.8) is 0 Å². The molecule has 5 rings (SSSR count). The molecule has 208 valence electrons. The Balaban J connectivity index is 1.26. The molecule has 0 aliphatic heterocycles. The number of hydrogen-bond donors (Lipinski definition) is 2. The zero-order valence-electron chi connectivity index (χ0n) is 22.8. The lowest BCUT2D eigenvalue weighted by molar-refractivity contribution is -0.111. The van der Waals surface area contributed by atoms with E-state index in [1.807, 2.05) is 53.1 Å². The third kappa shape index (κ3) is 6.41. The van der Waals surface area contributed by atoms with E-state index in [9.17, 15) is 14.9 Å². The number of ether oxygens (including phenoxy) is 1. The summed E-state index contributed by atoms with van der Waals surface area (Å²) in [6.45, 7) is 0.581. The first-order chi connectivity index (χ1) is 20.0. The van der Waals surface area contributed by atoms with Gasteiger partial charge in [0, 0.05) is 53.7 Å². The average Bonchev–Trinajstić information content (AvgIpc) is 3.44. The first-order valence-corrected chi connectivity index (χ1v) is 14.0. The summed E-state index contributed by atoms with van der Waals surface area (Å²) in [7, 11) is 1.76. The minimum absolute atomic E-state index is 0.211. The maximum atomic E-state index is 13.5. The van der Waals surface area contributed by atoms with Gasteiger partial charge in [-0.2, -0.15) is 5.26 Å². The van der Waals surface area contributed by atoms with Crippen molar-refractivity contribution in [3.05, 3.63) is 107 Å². The molecular weight excluding hydrogens is 536 g/mol. The van der Waals surface area contributed by atoms with E-state index in [1.165, 1.54) is 12.1 Å². The molecule has 2 aromatic heterocycles. The van der Waals surface area contributed by atoms with E-state index in [4.69, 9.17) is 16.3 Å². The quantitative estimate of drug-likeness (QED) is 0.180. The summed E-state index contributed by atoms with van der Waals surface area (Å²) in [5.41, 5.74) is 4.01. The minimum Gasteiger partial charge on any atom is -0.381 e. The summed E-state index contributed by atoms with van der Waals surface area (Å²) in [6, 6.07) is 22.3. The Bertz CT molecular complexity index is 1640. The third-order valence-corrected chi connectivity index (χ3v) is 7.88. The van der Waals surface area contributed by atoms with Gasteiger partial charge in [0.1, 0.15) is 6.07 Å². The van der Waals surface area contributed by atoms with Crippen LogP contribution in [0.4, 0.5) is 5.69 Å². The first-order valence-electron chi connectivity index (χ1n) is 13.7. The van der Waals surface area contributed by atoms with Crippen molar-refractivity contribution in [2.75, 3.05) is 19.0 Å². The molecule has 1 aliphatic rings. The number of benzene rings is 2. The highest BCUT2D eigenvalue weighted by Crippen LogP contribution is 2.32. The standard InChI is InChI=1S/C33H31ClN4O3/c1-41-25-13-11-24(12-14-25)36-18-4-9-32(39)37-29-15-10-22(20-23(29)21-35)33(40)31-17-16-30-27(7-5-19-38(30)31)26-6-2-3-8-28(26)34/h2-10,15-17,19-20,24-25,36H,11-14,18H2,1H3,(H,37,39)/b9-4+. The Morgan fingerprint density at radius 3 is 2.59 bits per heavy atom. The molecule has 41 heavy (non-hydrogen) atoms. The number of nitrogens with zero attached hydrogens (tertiary/aromatic N) is 2. The molecule has 2 N–H and O–H groups in total. The second-order valence-corrected chi connectivity index (χ2v) is 10.5. The molecule has 8 heteroatoms. The molecule has 0 unspecified atom stereocenters. The summed E-state index contributed by atoms with van der Waals surface area (Å²) < 4.78 is 7.23. The van der Waals surface area contributed by atoms with Gasteiger partial charge in [-0.25, -0.2) is 0 Å². The van der Waals surface area contributed by atoms with Gasteiger partial charge in [0.25, 0.3) is 0 Å². The van der Waals surface area contributed by atoms with Crippen molar-refractivity contribution in [3.8, 4) is 17.2 Å². The lowest BCUT2D eigenvalue weighted by atomic mass is 9.93. The maximum Gasteiger partial charge on any atom is 0.248 e. The van der Waals surface area contributed by atoms with Crippen LogP contribution in [0.2, 0.25) is 5.02 Å². The van der Waals surface area contributed by atoms with Crippen LogP contribution in [-0.4, -0.2) is 41.9 Å².